The molecule has 320 valence electrons. The Labute approximate surface area is 335 Å². The van der Waals surface area contributed by atoms with E-state index in [9.17, 15) is 34.2 Å². The van der Waals surface area contributed by atoms with E-state index in [4.69, 9.17) is 28.7 Å². The molecule has 0 saturated carbocycles. The fraction of sp³-hybridized carbons (Fsp3) is 0.658. The molecular formula is C38H66N12O7. The standard InChI is InChI=1S/C38H66N12O7/c1-5-23(4)31(34(54)49-29(36(56)57)19-22(2)3)46-21-25(20-24-12-14-26(51)15-13-24)47-33(53)30-11-8-18-50(30)35(55)28(10-7-17-45-38(42)43)48-32(52)27(39)9-6-16-44-37(40)41/h12-15,22-23,25,27-31,46,51H,5-11,16-21,39H2,1-4H3,(H,47,53)(H,48,52)(H,49,54)(H,56,57)(H4,40,41,44)(H4,42,43,45)/t23-,25+,27+,28+,29+,30+,31-/m1/s1. The van der Waals surface area contributed by atoms with Crippen molar-refractivity contribution in [3.63, 3.8) is 0 Å². The first-order valence-electron chi connectivity index (χ1n) is 19.7. The largest absolute Gasteiger partial charge is 0.508 e. The van der Waals surface area contributed by atoms with Crippen LogP contribution in [-0.4, -0.2) is 119 Å². The molecule has 1 aliphatic heterocycles. The van der Waals surface area contributed by atoms with E-state index in [0.29, 0.717) is 38.5 Å². The highest BCUT2D eigenvalue weighted by atomic mass is 16.4. The molecule has 1 heterocycles. The van der Waals surface area contributed by atoms with Crippen molar-refractivity contribution in [1.29, 1.82) is 0 Å². The van der Waals surface area contributed by atoms with Gasteiger partial charge >= 0.3 is 5.97 Å². The molecule has 1 fully saturated rings. The van der Waals surface area contributed by atoms with Gasteiger partial charge in [0.05, 0.1) is 12.1 Å². The topological polar surface area (TPSA) is 332 Å². The van der Waals surface area contributed by atoms with Crippen LogP contribution < -0.4 is 49.9 Å². The third kappa shape index (κ3) is 17.2. The summed E-state index contributed by atoms with van der Waals surface area (Å²) in [6.45, 7) is 8.47. The average Bonchev–Trinajstić information content (AvgIpc) is 3.64. The van der Waals surface area contributed by atoms with Crippen LogP contribution in [0.3, 0.4) is 0 Å². The molecule has 1 aliphatic rings. The number of hydrogen-bond donors (Lipinski definition) is 11. The number of rotatable bonds is 25. The molecule has 16 N–H and O–H groups in total. The zero-order valence-corrected chi connectivity index (χ0v) is 33.8. The van der Waals surface area contributed by atoms with Gasteiger partial charge in [0, 0.05) is 32.2 Å². The Morgan fingerprint density at radius 1 is 0.877 bits per heavy atom. The molecular weight excluding hydrogens is 736 g/mol. The van der Waals surface area contributed by atoms with E-state index in [1.807, 2.05) is 27.7 Å². The number of aromatic hydroxyl groups is 1. The summed E-state index contributed by atoms with van der Waals surface area (Å²) in [5, 5.41) is 31.5. The molecule has 1 aromatic carbocycles. The van der Waals surface area contributed by atoms with Gasteiger partial charge in [-0.3, -0.25) is 29.2 Å². The molecule has 4 amide bonds. The maximum absolute atomic E-state index is 14.1. The first kappa shape index (κ1) is 48.0. The van der Waals surface area contributed by atoms with Crippen LogP contribution in [0.25, 0.3) is 0 Å². The zero-order chi connectivity index (χ0) is 42.7. The lowest BCUT2D eigenvalue weighted by atomic mass is 9.96. The van der Waals surface area contributed by atoms with Gasteiger partial charge in [-0.25, -0.2) is 4.79 Å². The molecule has 19 heteroatoms. The third-order valence-corrected chi connectivity index (χ3v) is 9.87. The second-order valence-electron chi connectivity index (χ2n) is 15.1. The molecule has 2 rings (SSSR count). The Balaban J connectivity index is 2.30. The fourth-order valence-electron chi connectivity index (χ4n) is 6.59. The number of likely N-dealkylation sites (tertiary alicyclic amines) is 1. The van der Waals surface area contributed by atoms with Crippen molar-refractivity contribution in [2.45, 2.75) is 122 Å². The molecule has 1 aromatic rings. The second kappa shape index (κ2) is 24.5. The van der Waals surface area contributed by atoms with Gasteiger partial charge in [-0.15, -0.1) is 0 Å². The van der Waals surface area contributed by atoms with E-state index in [0.717, 1.165) is 5.56 Å². The van der Waals surface area contributed by atoms with Crippen molar-refractivity contribution in [2.75, 3.05) is 26.2 Å². The molecule has 19 nitrogen and oxygen atoms in total. The van der Waals surface area contributed by atoms with Crippen LogP contribution >= 0.6 is 0 Å². The first-order chi connectivity index (χ1) is 26.9. The molecule has 7 atom stereocenters. The van der Waals surface area contributed by atoms with Crippen LogP contribution in [0.2, 0.25) is 0 Å². The number of phenols is 1. The molecule has 57 heavy (non-hydrogen) atoms. The molecule has 0 aliphatic carbocycles. The van der Waals surface area contributed by atoms with Crippen molar-refractivity contribution in [1.82, 2.24) is 26.2 Å². The molecule has 0 aromatic heterocycles. The van der Waals surface area contributed by atoms with Crippen molar-refractivity contribution in [3.05, 3.63) is 29.8 Å². The Kier molecular flexibility index (Phi) is 20.6. The van der Waals surface area contributed by atoms with Crippen LogP contribution in [0, 0.1) is 11.8 Å². The predicted octanol–water partition coefficient (Wildman–Crippen LogP) is -1.05. The van der Waals surface area contributed by atoms with Crippen LogP contribution in [0.4, 0.5) is 0 Å². The molecule has 0 unspecified atom stereocenters. The lowest BCUT2D eigenvalue weighted by molar-refractivity contribution is -0.142. The average molecular weight is 803 g/mol. The number of carbonyl (C=O) groups excluding carboxylic acids is 4. The number of carboxylic acid groups (broad SMARTS) is 1. The van der Waals surface area contributed by atoms with Gasteiger partial charge in [-0.1, -0.05) is 46.2 Å². The number of carbonyl (C=O) groups is 5. The summed E-state index contributed by atoms with van der Waals surface area (Å²) in [5.41, 5.74) is 28.6. The molecule has 0 bridgehead atoms. The van der Waals surface area contributed by atoms with Gasteiger partial charge in [-0.2, -0.15) is 0 Å². The Bertz CT molecular complexity index is 1520. The fourth-order valence-corrected chi connectivity index (χ4v) is 6.59. The van der Waals surface area contributed by atoms with Crippen LogP contribution in [0.5, 0.6) is 5.75 Å². The Morgan fingerprint density at radius 3 is 2.04 bits per heavy atom. The Hall–Kier alpha value is -5.17. The lowest BCUT2D eigenvalue weighted by Gasteiger charge is -2.31. The zero-order valence-electron chi connectivity index (χ0n) is 33.8. The second-order valence-corrected chi connectivity index (χ2v) is 15.1. The predicted molar refractivity (Wildman–Crippen MR) is 218 cm³/mol. The van der Waals surface area contributed by atoms with Crippen LogP contribution in [-0.2, 0) is 30.4 Å². The normalized spacial score (nSPS) is 17.0. The number of aliphatic carboxylic acids is 1. The molecule has 0 radical (unpaired) electrons. The van der Waals surface area contributed by atoms with Crippen molar-refractivity contribution in [2.24, 2.45) is 50.5 Å². The Morgan fingerprint density at radius 2 is 1.47 bits per heavy atom. The quantitative estimate of drug-likeness (QED) is 0.0320. The number of phenolic OH excluding ortho intramolecular Hbond substituents is 1. The minimum absolute atomic E-state index is 0.0371. The number of nitrogens with zero attached hydrogens (tertiary/aromatic N) is 3. The minimum Gasteiger partial charge on any atom is -0.508 e. The van der Waals surface area contributed by atoms with E-state index in [1.165, 1.54) is 17.0 Å². The summed E-state index contributed by atoms with van der Waals surface area (Å²) >= 11 is 0. The summed E-state index contributed by atoms with van der Waals surface area (Å²) in [5.74, 6) is -3.23. The van der Waals surface area contributed by atoms with Crippen LogP contribution in [0.1, 0.15) is 84.6 Å². The van der Waals surface area contributed by atoms with Crippen LogP contribution in [0.15, 0.2) is 34.3 Å². The molecule has 0 spiro atoms. The highest BCUT2D eigenvalue weighted by Gasteiger charge is 2.39. The lowest BCUT2D eigenvalue weighted by Crippen LogP contribution is -2.58. The summed E-state index contributed by atoms with van der Waals surface area (Å²) in [7, 11) is 0. The van der Waals surface area contributed by atoms with E-state index >= 15 is 0 Å². The number of guanidine groups is 2. The minimum atomic E-state index is -1.12. The van der Waals surface area contributed by atoms with E-state index in [2.05, 4.69) is 31.3 Å². The summed E-state index contributed by atoms with van der Waals surface area (Å²) in [6, 6.07) is 1.29. The van der Waals surface area contributed by atoms with Gasteiger partial charge in [0.1, 0.15) is 23.9 Å². The van der Waals surface area contributed by atoms with Gasteiger partial charge in [-0.05, 0) is 80.9 Å². The number of hydrogen-bond acceptors (Lipinski definition) is 10. The van der Waals surface area contributed by atoms with Crippen molar-refractivity contribution < 1.29 is 34.2 Å². The summed E-state index contributed by atoms with van der Waals surface area (Å²) in [4.78, 5) is 76.2. The monoisotopic (exact) mass is 803 g/mol. The van der Waals surface area contributed by atoms with E-state index in [-0.39, 0.29) is 74.9 Å². The van der Waals surface area contributed by atoms with Gasteiger partial charge in [0.25, 0.3) is 0 Å². The first-order valence-corrected chi connectivity index (χ1v) is 19.7. The smallest absolute Gasteiger partial charge is 0.326 e. The maximum atomic E-state index is 14.1. The van der Waals surface area contributed by atoms with Crippen molar-refractivity contribution in [3.8, 4) is 5.75 Å². The summed E-state index contributed by atoms with van der Waals surface area (Å²) in [6.07, 6.45) is 3.35. The summed E-state index contributed by atoms with van der Waals surface area (Å²) < 4.78 is 0. The van der Waals surface area contributed by atoms with Gasteiger partial charge < -0.3 is 65.0 Å². The van der Waals surface area contributed by atoms with Gasteiger partial charge in [0.15, 0.2) is 11.9 Å². The van der Waals surface area contributed by atoms with E-state index in [1.54, 1.807) is 12.1 Å². The van der Waals surface area contributed by atoms with Crippen molar-refractivity contribution >= 4 is 41.5 Å². The number of carboxylic acids is 1. The van der Waals surface area contributed by atoms with Gasteiger partial charge in [0.2, 0.25) is 23.6 Å². The number of benzene rings is 1. The molecule has 1 saturated heterocycles. The number of aliphatic imine (C=N–C) groups is 2. The SMILES string of the molecule is CC[C@@H](C)[C@@H](NC[C@H](Cc1ccc(O)cc1)NC(=O)[C@@H]1CCCN1C(=O)[C@H](CCCN=C(N)N)NC(=O)[C@@H](N)CCCN=C(N)N)C(=O)N[C@@H](CC(C)C)C(=O)O. The third-order valence-electron chi connectivity index (χ3n) is 9.87. The number of amides is 4. The number of nitrogens with one attached hydrogen (secondary N) is 4. The number of nitrogens with two attached hydrogens (primary N) is 5. The highest BCUT2D eigenvalue weighted by Crippen LogP contribution is 2.21. The maximum Gasteiger partial charge on any atom is 0.326 e. The van der Waals surface area contributed by atoms with E-state index < -0.39 is 65.8 Å². The highest BCUT2D eigenvalue weighted by molar-refractivity contribution is 5.93.